The summed E-state index contributed by atoms with van der Waals surface area (Å²) in [5, 5.41) is 0. The maximum Gasteiger partial charge on any atom is 0.179 e. The van der Waals surface area contributed by atoms with E-state index < -0.39 is 11.6 Å². The van der Waals surface area contributed by atoms with Crippen molar-refractivity contribution in [2.75, 3.05) is 6.54 Å². The van der Waals surface area contributed by atoms with Crippen molar-refractivity contribution in [3.63, 3.8) is 0 Å². The van der Waals surface area contributed by atoms with Crippen LogP contribution in [-0.4, -0.2) is 18.4 Å². The van der Waals surface area contributed by atoms with Crippen LogP contribution in [0.3, 0.4) is 0 Å². The summed E-state index contributed by atoms with van der Waals surface area (Å²) >= 11 is 0. The summed E-state index contributed by atoms with van der Waals surface area (Å²) in [6.07, 6.45) is -0.0274. The summed E-state index contributed by atoms with van der Waals surface area (Å²) in [5.74, 6) is -0.594. The highest BCUT2D eigenvalue weighted by atomic mass is 19.1. The van der Waals surface area contributed by atoms with Crippen molar-refractivity contribution in [2.45, 2.75) is 20.0 Å². The number of ketones is 1. The number of rotatable bonds is 4. The van der Waals surface area contributed by atoms with Gasteiger partial charge in [0.15, 0.2) is 5.78 Å². The molecule has 3 nitrogen and oxygen atoms in total. The summed E-state index contributed by atoms with van der Waals surface area (Å²) in [4.78, 5) is 11.2. The monoisotopic (exact) mass is 211 g/mol. The Labute approximate surface area is 88.0 Å². The first kappa shape index (κ1) is 11.7. The minimum absolute atomic E-state index is 0.00797. The smallest absolute Gasteiger partial charge is 0.179 e. The Morgan fingerprint density at radius 2 is 2.20 bits per heavy atom. The lowest BCUT2D eigenvalue weighted by molar-refractivity contribution is 0.0997. The molecule has 0 bridgehead atoms. The van der Waals surface area contributed by atoms with E-state index in [1.807, 2.05) is 13.8 Å². The van der Waals surface area contributed by atoms with Gasteiger partial charge in [0.1, 0.15) is 11.6 Å². The second-order valence-electron chi connectivity index (χ2n) is 3.44. The first-order valence-electron chi connectivity index (χ1n) is 4.74. The normalized spacial score (nSPS) is 10.5. The maximum absolute atomic E-state index is 13.4. The predicted molar refractivity (Wildman–Crippen MR) is 55.5 cm³/mol. The Hall–Kier alpha value is -1.42. The first-order valence-corrected chi connectivity index (χ1v) is 4.74. The van der Waals surface area contributed by atoms with E-state index in [0.29, 0.717) is 5.75 Å². The van der Waals surface area contributed by atoms with E-state index in [0.717, 1.165) is 0 Å². The first-order chi connectivity index (χ1) is 7.04. The average Bonchev–Trinajstić information content (AvgIpc) is 2.16. The van der Waals surface area contributed by atoms with Gasteiger partial charge in [0.05, 0.1) is 18.2 Å². The molecule has 15 heavy (non-hydrogen) atoms. The van der Waals surface area contributed by atoms with Crippen LogP contribution in [0.5, 0.6) is 5.75 Å². The Balaban J connectivity index is 2.93. The standard InChI is InChI=1S/C11H14FNO2/c1-7(2)15-8-3-4-9(10(12)5-8)11(14)6-13/h3-5,7H,6,13H2,1-2H3. The molecule has 0 aromatic heterocycles. The van der Waals surface area contributed by atoms with Crippen LogP contribution < -0.4 is 10.5 Å². The lowest BCUT2D eigenvalue weighted by atomic mass is 10.1. The number of carbonyl (C=O) groups is 1. The molecule has 1 aromatic rings. The van der Waals surface area contributed by atoms with E-state index in [2.05, 4.69) is 0 Å². The molecular formula is C11H14FNO2. The molecule has 1 rings (SSSR count). The third-order valence-electron chi connectivity index (χ3n) is 1.80. The van der Waals surface area contributed by atoms with Gasteiger partial charge in [-0.3, -0.25) is 4.79 Å². The van der Waals surface area contributed by atoms with Gasteiger partial charge < -0.3 is 10.5 Å². The van der Waals surface area contributed by atoms with Crippen LogP contribution in [0.4, 0.5) is 4.39 Å². The van der Waals surface area contributed by atoms with E-state index in [4.69, 9.17) is 10.5 Å². The molecule has 0 saturated heterocycles. The van der Waals surface area contributed by atoms with Crippen LogP contribution in [0.15, 0.2) is 18.2 Å². The fourth-order valence-electron chi connectivity index (χ4n) is 1.18. The van der Waals surface area contributed by atoms with Gasteiger partial charge in [-0.15, -0.1) is 0 Å². The molecule has 0 atom stereocenters. The molecule has 2 N–H and O–H groups in total. The SMILES string of the molecule is CC(C)Oc1ccc(C(=O)CN)c(F)c1. The van der Waals surface area contributed by atoms with E-state index in [-0.39, 0.29) is 18.2 Å². The summed E-state index contributed by atoms with van der Waals surface area (Å²) in [6, 6.07) is 4.15. The predicted octanol–water partition coefficient (Wildman–Crippen LogP) is 1.75. The Morgan fingerprint density at radius 3 is 2.67 bits per heavy atom. The second kappa shape index (κ2) is 4.89. The van der Waals surface area contributed by atoms with Gasteiger partial charge in [0, 0.05) is 6.07 Å². The number of benzene rings is 1. The highest BCUT2D eigenvalue weighted by molar-refractivity contribution is 5.97. The molecular weight excluding hydrogens is 197 g/mol. The average molecular weight is 211 g/mol. The van der Waals surface area contributed by atoms with Gasteiger partial charge in [-0.2, -0.15) is 0 Å². The van der Waals surface area contributed by atoms with E-state index >= 15 is 0 Å². The lowest BCUT2D eigenvalue weighted by Gasteiger charge is -2.10. The highest BCUT2D eigenvalue weighted by Crippen LogP contribution is 2.18. The minimum Gasteiger partial charge on any atom is -0.491 e. The fourth-order valence-corrected chi connectivity index (χ4v) is 1.18. The summed E-state index contributed by atoms with van der Waals surface area (Å²) in [5.41, 5.74) is 5.15. The van der Waals surface area contributed by atoms with Gasteiger partial charge >= 0.3 is 0 Å². The Morgan fingerprint density at radius 1 is 1.53 bits per heavy atom. The zero-order valence-electron chi connectivity index (χ0n) is 8.79. The molecule has 0 heterocycles. The Kier molecular flexibility index (Phi) is 3.80. The van der Waals surface area contributed by atoms with Crippen LogP contribution in [0.2, 0.25) is 0 Å². The van der Waals surface area contributed by atoms with Crippen molar-refractivity contribution in [1.82, 2.24) is 0 Å². The lowest BCUT2D eigenvalue weighted by Crippen LogP contribution is -2.15. The summed E-state index contributed by atoms with van der Waals surface area (Å²) in [6.45, 7) is 3.50. The van der Waals surface area contributed by atoms with Crippen molar-refractivity contribution in [1.29, 1.82) is 0 Å². The molecule has 0 aliphatic rings. The van der Waals surface area contributed by atoms with Gasteiger partial charge in [0.2, 0.25) is 0 Å². The Bertz CT molecular complexity index is 364. The quantitative estimate of drug-likeness (QED) is 0.772. The second-order valence-corrected chi connectivity index (χ2v) is 3.44. The van der Waals surface area contributed by atoms with E-state index in [1.165, 1.54) is 12.1 Å². The molecule has 82 valence electrons. The van der Waals surface area contributed by atoms with Crippen LogP contribution in [0, 0.1) is 5.82 Å². The van der Waals surface area contributed by atoms with Crippen LogP contribution in [0.1, 0.15) is 24.2 Å². The molecule has 4 heteroatoms. The van der Waals surface area contributed by atoms with Crippen LogP contribution in [-0.2, 0) is 0 Å². The molecule has 0 aliphatic heterocycles. The zero-order chi connectivity index (χ0) is 11.4. The molecule has 1 aromatic carbocycles. The maximum atomic E-state index is 13.4. The third-order valence-corrected chi connectivity index (χ3v) is 1.80. The van der Waals surface area contributed by atoms with Crippen molar-refractivity contribution >= 4 is 5.78 Å². The topological polar surface area (TPSA) is 52.3 Å². The largest absolute Gasteiger partial charge is 0.491 e. The molecule has 0 unspecified atom stereocenters. The van der Waals surface area contributed by atoms with E-state index in [1.54, 1.807) is 6.07 Å². The molecule has 0 spiro atoms. The number of hydrogen-bond donors (Lipinski definition) is 1. The third kappa shape index (κ3) is 3.02. The minimum atomic E-state index is -0.594. The number of hydrogen-bond acceptors (Lipinski definition) is 3. The molecule has 0 amide bonds. The molecule has 0 fully saturated rings. The van der Waals surface area contributed by atoms with Gasteiger partial charge in [-0.1, -0.05) is 0 Å². The number of Topliss-reactive ketones (excluding diaryl/α,β-unsaturated/α-hetero) is 1. The van der Waals surface area contributed by atoms with Gasteiger partial charge in [-0.25, -0.2) is 4.39 Å². The fraction of sp³-hybridized carbons (Fsp3) is 0.364. The number of ether oxygens (including phenoxy) is 1. The van der Waals surface area contributed by atoms with Crippen molar-refractivity contribution in [2.24, 2.45) is 5.73 Å². The van der Waals surface area contributed by atoms with Gasteiger partial charge in [0.25, 0.3) is 0 Å². The molecule has 0 saturated carbocycles. The molecule has 0 radical (unpaired) electrons. The van der Waals surface area contributed by atoms with E-state index in [9.17, 15) is 9.18 Å². The number of carbonyl (C=O) groups excluding carboxylic acids is 1. The van der Waals surface area contributed by atoms with Crippen LogP contribution in [0.25, 0.3) is 0 Å². The van der Waals surface area contributed by atoms with Crippen molar-refractivity contribution in [3.8, 4) is 5.75 Å². The van der Waals surface area contributed by atoms with Gasteiger partial charge in [-0.05, 0) is 26.0 Å². The summed E-state index contributed by atoms with van der Waals surface area (Å²) < 4.78 is 18.7. The van der Waals surface area contributed by atoms with Crippen LogP contribution >= 0.6 is 0 Å². The van der Waals surface area contributed by atoms with Crippen molar-refractivity contribution < 1.29 is 13.9 Å². The highest BCUT2D eigenvalue weighted by Gasteiger charge is 2.11. The molecule has 0 aliphatic carbocycles. The number of halogens is 1. The number of nitrogens with two attached hydrogens (primary N) is 1. The van der Waals surface area contributed by atoms with Crippen molar-refractivity contribution in [3.05, 3.63) is 29.6 Å². The summed E-state index contributed by atoms with van der Waals surface area (Å²) in [7, 11) is 0. The zero-order valence-corrected chi connectivity index (χ0v) is 8.79.